The van der Waals surface area contributed by atoms with Crippen LogP contribution in [0.4, 0.5) is 5.82 Å². The molecule has 0 saturated carbocycles. The van der Waals surface area contributed by atoms with Gasteiger partial charge in [-0.25, -0.2) is 9.97 Å². The van der Waals surface area contributed by atoms with Crippen molar-refractivity contribution < 1.29 is 9.53 Å². The van der Waals surface area contributed by atoms with E-state index in [-0.39, 0.29) is 11.9 Å². The highest BCUT2D eigenvalue weighted by atomic mass is 16.5. The fourth-order valence-electron chi connectivity index (χ4n) is 3.85. The third-order valence-corrected chi connectivity index (χ3v) is 5.27. The zero-order valence-electron chi connectivity index (χ0n) is 15.5. The van der Waals surface area contributed by atoms with Gasteiger partial charge in [-0.1, -0.05) is 0 Å². The van der Waals surface area contributed by atoms with Gasteiger partial charge in [0.2, 0.25) is 11.8 Å². The fourth-order valence-corrected chi connectivity index (χ4v) is 3.85. The van der Waals surface area contributed by atoms with E-state index in [4.69, 9.17) is 4.74 Å². The molecule has 8 heteroatoms. The van der Waals surface area contributed by atoms with Crippen molar-refractivity contribution in [2.45, 2.75) is 18.5 Å². The van der Waals surface area contributed by atoms with Crippen LogP contribution in [-0.2, 0) is 4.79 Å². The van der Waals surface area contributed by atoms with E-state index in [9.17, 15) is 4.79 Å². The Morgan fingerprint density at radius 2 is 2.20 bits per heavy atom. The number of hydrogen-bond acceptors (Lipinski definition) is 7. The molecular formula is C17H28N6O2. The molecule has 1 amide bonds. The van der Waals surface area contributed by atoms with Gasteiger partial charge in [0.25, 0.3) is 0 Å². The van der Waals surface area contributed by atoms with Gasteiger partial charge in [-0.2, -0.15) is 0 Å². The van der Waals surface area contributed by atoms with Crippen molar-refractivity contribution in [3.05, 3.63) is 12.4 Å². The number of nitrogens with zero attached hydrogens (tertiary/aromatic N) is 5. The first-order chi connectivity index (χ1) is 12.0. The molecule has 138 valence electrons. The molecule has 2 aliphatic heterocycles. The minimum Gasteiger partial charge on any atom is -0.481 e. The average Bonchev–Trinajstić information content (AvgIpc) is 3.14. The molecule has 1 aromatic rings. The molecular weight excluding hydrogens is 320 g/mol. The van der Waals surface area contributed by atoms with Crippen molar-refractivity contribution in [3.8, 4) is 5.88 Å². The van der Waals surface area contributed by atoms with Crippen molar-refractivity contribution in [2.24, 2.45) is 5.92 Å². The second-order valence-corrected chi connectivity index (χ2v) is 7.16. The van der Waals surface area contributed by atoms with Crippen LogP contribution in [0.2, 0.25) is 0 Å². The Kier molecular flexibility index (Phi) is 5.39. The predicted octanol–water partition coefficient (Wildman–Crippen LogP) is -0.328. The van der Waals surface area contributed by atoms with E-state index in [1.165, 1.54) is 6.33 Å². The van der Waals surface area contributed by atoms with Crippen LogP contribution in [0.15, 0.2) is 12.4 Å². The Balaban J connectivity index is 1.58. The Morgan fingerprint density at radius 3 is 2.88 bits per heavy atom. The molecule has 0 bridgehead atoms. The number of nitrogens with one attached hydrogen (secondary N) is 1. The summed E-state index contributed by atoms with van der Waals surface area (Å²) in [5, 5.41) is 3.06. The van der Waals surface area contributed by atoms with Gasteiger partial charge in [0.15, 0.2) is 0 Å². The van der Waals surface area contributed by atoms with Gasteiger partial charge >= 0.3 is 0 Å². The second kappa shape index (κ2) is 7.53. The number of aromatic nitrogens is 2. The summed E-state index contributed by atoms with van der Waals surface area (Å²) in [6, 6.07) is 2.22. The maximum absolute atomic E-state index is 12.5. The molecule has 3 heterocycles. The van der Waals surface area contributed by atoms with E-state index < -0.39 is 0 Å². The summed E-state index contributed by atoms with van der Waals surface area (Å²) < 4.78 is 5.19. The summed E-state index contributed by atoms with van der Waals surface area (Å²) in [6.45, 7) is 3.34. The summed E-state index contributed by atoms with van der Waals surface area (Å²) >= 11 is 0. The topological polar surface area (TPSA) is 73.8 Å². The van der Waals surface area contributed by atoms with Crippen LogP contribution in [0.25, 0.3) is 0 Å². The highest BCUT2D eigenvalue weighted by Crippen LogP contribution is 2.36. The number of hydrogen-bond donors (Lipinski definition) is 1. The van der Waals surface area contributed by atoms with Gasteiger partial charge in [0.05, 0.1) is 13.2 Å². The lowest BCUT2D eigenvalue weighted by Crippen LogP contribution is -2.46. The average molecular weight is 348 g/mol. The molecule has 1 N–H and O–H groups in total. The molecule has 0 aliphatic carbocycles. The van der Waals surface area contributed by atoms with Crippen LogP contribution in [0.5, 0.6) is 5.88 Å². The second-order valence-electron chi connectivity index (χ2n) is 7.16. The standard InChI is InChI=1S/C17H28N6O2/c1-21(2)6-5-18-17(24)13-7-12-9-23(10-14(12)22(13)3)15-8-16(25-4)20-11-19-15/h8,11-14H,5-7,9-10H2,1-4H3,(H,18,24)/t12-,13+,14+/m1/s1. The van der Waals surface area contributed by atoms with E-state index >= 15 is 0 Å². The van der Waals surface area contributed by atoms with Crippen LogP contribution >= 0.6 is 0 Å². The van der Waals surface area contributed by atoms with Crippen molar-refractivity contribution in [1.82, 2.24) is 25.1 Å². The molecule has 2 saturated heterocycles. The SMILES string of the molecule is COc1cc(N2C[C@H]3C[C@@H](C(=O)NCCN(C)C)N(C)[C@H]3C2)ncn1. The Morgan fingerprint density at radius 1 is 1.40 bits per heavy atom. The van der Waals surface area contributed by atoms with Crippen molar-refractivity contribution >= 4 is 11.7 Å². The van der Waals surface area contributed by atoms with Gasteiger partial charge in [-0.15, -0.1) is 0 Å². The number of rotatable bonds is 6. The first kappa shape index (κ1) is 17.9. The monoisotopic (exact) mass is 348 g/mol. The lowest BCUT2D eigenvalue weighted by molar-refractivity contribution is -0.125. The number of amides is 1. The predicted molar refractivity (Wildman–Crippen MR) is 95.8 cm³/mol. The van der Waals surface area contributed by atoms with Crippen molar-refractivity contribution in [2.75, 3.05) is 59.3 Å². The highest BCUT2D eigenvalue weighted by molar-refractivity contribution is 5.82. The Hall–Kier alpha value is -1.93. The first-order valence-corrected chi connectivity index (χ1v) is 8.75. The number of methoxy groups -OCH3 is 1. The third kappa shape index (κ3) is 3.85. The van der Waals surface area contributed by atoms with Crippen LogP contribution in [0.3, 0.4) is 0 Å². The van der Waals surface area contributed by atoms with E-state index in [1.54, 1.807) is 7.11 Å². The molecule has 8 nitrogen and oxygen atoms in total. The lowest BCUT2D eigenvalue weighted by atomic mass is 10.0. The summed E-state index contributed by atoms with van der Waals surface area (Å²) in [5.41, 5.74) is 0. The molecule has 3 atom stereocenters. The van der Waals surface area contributed by atoms with Crippen LogP contribution in [0, 0.1) is 5.92 Å². The molecule has 1 aromatic heterocycles. The normalized spacial score (nSPS) is 26.1. The zero-order valence-corrected chi connectivity index (χ0v) is 15.5. The summed E-state index contributed by atoms with van der Waals surface area (Å²) in [4.78, 5) is 27.5. The summed E-state index contributed by atoms with van der Waals surface area (Å²) in [7, 11) is 7.69. The lowest BCUT2D eigenvalue weighted by Gasteiger charge is -2.26. The number of anilines is 1. The Bertz CT molecular complexity index is 611. The molecule has 0 spiro atoms. The largest absolute Gasteiger partial charge is 0.481 e. The number of likely N-dealkylation sites (N-methyl/N-ethyl adjacent to an activating group) is 2. The number of carbonyl (C=O) groups is 1. The molecule has 2 aliphatic rings. The van der Waals surface area contributed by atoms with E-state index in [1.807, 2.05) is 20.2 Å². The van der Waals surface area contributed by atoms with Gasteiger partial charge in [-0.05, 0) is 33.5 Å². The smallest absolute Gasteiger partial charge is 0.237 e. The molecule has 0 radical (unpaired) electrons. The third-order valence-electron chi connectivity index (χ3n) is 5.27. The maximum Gasteiger partial charge on any atom is 0.237 e. The number of carbonyl (C=O) groups excluding carboxylic acids is 1. The summed E-state index contributed by atoms with van der Waals surface area (Å²) in [5.74, 6) is 2.10. The highest BCUT2D eigenvalue weighted by Gasteiger charge is 2.47. The maximum atomic E-state index is 12.5. The quantitative estimate of drug-likeness (QED) is 0.755. The fraction of sp³-hybridized carbons (Fsp3) is 0.706. The van der Waals surface area contributed by atoms with Crippen molar-refractivity contribution in [3.63, 3.8) is 0 Å². The van der Waals surface area contributed by atoms with E-state index in [2.05, 4.69) is 37.0 Å². The molecule has 2 fully saturated rings. The number of ether oxygens (including phenoxy) is 1. The number of likely N-dealkylation sites (tertiary alicyclic amines) is 1. The van der Waals surface area contributed by atoms with Crippen LogP contribution < -0.4 is 15.0 Å². The Labute approximate surface area is 149 Å². The van der Waals surface area contributed by atoms with Gasteiger partial charge in [-0.3, -0.25) is 9.69 Å². The minimum atomic E-state index is -0.0285. The molecule has 25 heavy (non-hydrogen) atoms. The first-order valence-electron chi connectivity index (χ1n) is 8.75. The van der Waals surface area contributed by atoms with E-state index in [0.29, 0.717) is 24.4 Å². The minimum absolute atomic E-state index is 0.0285. The molecule has 3 rings (SSSR count). The van der Waals surface area contributed by atoms with Gasteiger partial charge in [0.1, 0.15) is 12.1 Å². The van der Waals surface area contributed by atoms with E-state index in [0.717, 1.165) is 31.9 Å². The molecule has 0 unspecified atom stereocenters. The van der Waals surface area contributed by atoms with Gasteiger partial charge < -0.3 is 19.9 Å². The number of fused-ring (bicyclic) bond motifs is 1. The van der Waals surface area contributed by atoms with Gasteiger partial charge in [0, 0.05) is 38.3 Å². The van der Waals surface area contributed by atoms with Crippen LogP contribution in [0.1, 0.15) is 6.42 Å². The molecule has 0 aromatic carbocycles. The summed E-state index contributed by atoms with van der Waals surface area (Å²) in [6.07, 6.45) is 2.43. The van der Waals surface area contributed by atoms with Crippen molar-refractivity contribution in [1.29, 1.82) is 0 Å². The zero-order chi connectivity index (χ0) is 18.0. The van der Waals surface area contributed by atoms with Crippen LogP contribution in [-0.4, -0.2) is 92.2 Å².